The molecule has 9 heteroatoms. The van der Waals surface area contributed by atoms with E-state index in [1.165, 1.54) is 18.2 Å². The van der Waals surface area contributed by atoms with Crippen molar-refractivity contribution in [3.05, 3.63) is 18.2 Å². The van der Waals surface area contributed by atoms with Gasteiger partial charge in [-0.2, -0.15) is 0 Å². The van der Waals surface area contributed by atoms with Crippen LogP contribution in [0.1, 0.15) is 13.3 Å². The third-order valence-corrected chi connectivity index (χ3v) is 2.81. The number of nitrogen functional groups attached to an aromatic ring is 1. The van der Waals surface area contributed by atoms with E-state index in [1.54, 1.807) is 6.92 Å². The number of carboxylic acid groups (broad SMARTS) is 1. The molecule has 0 aliphatic carbocycles. The van der Waals surface area contributed by atoms with Gasteiger partial charge in [-0.1, -0.05) is 6.92 Å². The van der Waals surface area contributed by atoms with E-state index in [-0.39, 0.29) is 30.3 Å². The van der Waals surface area contributed by atoms with Gasteiger partial charge in [0.15, 0.2) is 6.10 Å². The Bertz CT molecular complexity index is 576. The van der Waals surface area contributed by atoms with Crippen molar-refractivity contribution in [2.45, 2.75) is 19.4 Å². The Morgan fingerprint density at radius 3 is 2.55 bits per heavy atom. The summed E-state index contributed by atoms with van der Waals surface area (Å²) in [5.41, 5.74) is 6.01. The van der Waals surface area contributed by atoms with E-state index < -0.39 is 22.1 Å². The van der Waals surface area contributed by atoms with Crippen LogP contribution in [0.25, 0.3) is 0 Å². The number of rotatable bonds is 6. The summed E-state index contributed by atoms with van der Waals surface area (Å²) in [6, 6.07) is 4.29. The molecule has 0 saturated carbocycles. The SMILES string of the molecule is CCC(Oc1ccc(N)cc1NS(C)(=O)=O)C(=O)O.Cl. The summed E-state index contributed by atoms with van der Waals surface area (Å²) in [4.78, 5) is 10.9. The van der Waals surface area contributed by atoms with Gasteiger partial charge >= 0.3 is 5.97 Å². The molecule has 0 aromatic heterocycles. The van der Waals surface area contributed by atoms with Crippen molar-refractivity contribution in [1.29, 1.82) is 0 Å². The first kappa shape index (κ1) is 18.3. The Morgan fingerprint density at radius 1 is 1.50 bits per heavy atom. The number of carbonyl (C=O) groups is 1. The van der Waals surface area contributed by atoms with Crippen LogP contribution in [0.5, 0.6) is 5.75 Å². The van der Waals surface area contributed by atoms with Crippen molar-refractivity contribution in [2.24, 2.45) is 0 Å². The number of aliphatic carboxylic acids is 1. The number of hydrogen-bond donors (Lipinski definition) is 3. The van der Waals surface area contributed by atoms with Gasteiger partial charge in [0.05, 0.1) is 11.9 Å². The van der Waals surface area contributed by atoms with Gasteiger partial charge in [-0.25, -0.2) is 13.2 Å². The number of anilines is 2. The van der Waals surface area contributed by atoms with Gasteiger partial charge in [0, 0.05) is 5.69 Å². The second-order valence-electron chi connectivity index (χ2n) is 3.98. The molecule has 7 nitrogen and oxygen atoms in total. The Hall–Kier alpha value is -1.67. The maximum Gasteiger partial charge on any atom is 0.344 e. The van der Waals surface area contributed by atoms with Crippen molar-refractivity contribution in [1.82, 2.24) is 0 Å². The summed E-state index contributed by atoms with van der Waals surface area (Å²) in [6.07, 6.45) is 0.177. The minimum absolute atomic E-state index is 0. The van der Waals surface area contributed by atoms with Crippen LogP contribution in [0.15, 0.2) is 18.2 Å². The number of hydrogen-bond acceptors (Lipinski definition) is 5. The Balaban J connectivity index is 0.00000361. The first-order valence-corrected chi connectivity index (χ1v) is 7.39. The highest BCUT2D eigenvalue weighted by molar-refractivity contribution is 7.92. The molecule has 4 N–H and O–H groups in total. The number of benzene rings is 1. The van der Waals surface area contributed by atoms with Crippen LogP contribution >= 0.6 is 12.4 Å². The molecule has 1 rings (SSSR count). The lowest BCUT2D eigenvalue weighted by Gasteiger charge is -2.17. The molecule has 0 aliphatic rings. The Labute approximate surface area is 123 Å². The van der Waals surface area contributed by atoms with Crippen molar-refractivity contribution < 1.29 is 23.1 Å². The van der Waals surface area contributed by atoms with Crippen LogP contribution in [-0.4, -0.2) is 31.9 Å². The molecule has 0 bridgehead atoms. The molecule has 1 unspecified atom stereocenters. The average molecular weight is 325 g/mol. The van der Waals surface area contributed by atoms with Gasteiger partial charge in [0.1, 0.15) is 5.75 Å². The fourth-order valence-corrected chi connectivity index (χ4v) is 1.95. The lowest BCUT2D eigenvalue weighted by atomic mass is 10.2. The van der Waals surface area contributed by atoms with Crippen LogP contribution in [0, 0.1) is 0 Å². The zero-order chi connectivity index (χ0) is 14.6. The molecule has 1 aromatic carbocycles. The maximum atomic E-state index is 11.2. The van der Waals surface area contributed by atoms with E-state index in [0.717, 1.165) is 6.26 Å². The van der Waals surface area contributed by atoms with Crippen LogP contribution in [0.3, 0.4) is 0 Å². The van der Waals surface area contributed by atoms with Gasteiger partial charge in [-0.05, 0) is 24.6 Å². The van der Waals surface area contributed by atoms with Gasteiger partial charge in [-0.15, -0.1) is 12.4 Å². The highest BCUT2D eigenvalue weighted by atomic mass is 35.5. The number of nitrogens with two attached hydrogens (primary N) is 1. The summed E-state index contributed by atoms with van der Waals surface area (Å²) in [6.45, 7) is 1.65. The third kappa shape index (κ3) is 5.54. The summed E-state index contributed by atoms with van der Waals surface area (Å²) >= 11 is 0. The molecule has 114 valence electrons. The summed E-state index contributed by atoms with van der Waals surface area (Å²) in [5, 5.41) is 8.92. The van der Waals surface area contributed by atoms with Crippen LogP contribution in [-0.2, 0) is 14.8 Å². The smallest absolute Gasteiger partial charge is 0.344 e. The molecule has 0 aliphatic heterocycles. The lowest BCUT2D eigenvalue weighted by Crippen LogP contribution is -2.26. The molecule has 1 aromatic rings. The van der Waals surface area contributed by atoms with E-state index in [0.29, 0.717) is 5.69 Å². The zero-order valence-electron chi connectivity index (χ0n) is 11.0. The van der Waals surface area contributed by atoms with Gasteiger partial charge < -0.3 is 15.6 Å². The van der Waals surface area contributed by atoms with E-state index in [9.17, 15) is 13.2 Å². The van der Waals surface area contributed by atoms with Crippen LogP contribution < -0.4 is 15.2 Å². The Morgan fingerprint density at radius 2 is 2.10 bits per heavy atom. The molecule has 0 heterocycles. The van der Waals surface area contributed by atoms with Crippen molar-refractivity contribution in [3.63, 3.8) is 0 Å². The molecule has 0 fully saturated rings. The normalized spacial score (nSPS) is 12.1. The minimum atomic E-state index is -3.51. The van der Waals surface area contributed by atoms with Gasteiger partial charge in [0.25, 0.3) is 0 Å². The van der Waals surface area contributed by atoms with Crippen molar-refractivity contribution >= 4 is 39.8 Å². The minimum Gasteiger partial charge on any atom is -0.479 e. The third-order valence-electron chi connectivity index (χ3n) is 2.21. The lowest BCUT2D eigenvalue weighted by molar-refractivity contribution is -0.145. The highest BCUT2D eigenvalue weighted by Crippen LogP contribution is 2.29. The summed E-state index contributed by atoms with van der Waals surface area (Å²) < 4.78 is 30.0. The highest BCUT2D eigenvalue weighted by Gasteiger charge is 2.19. The molecule has 0 saturated heterocycles. The largest absolute Gasteiger partial charge is 0.479 e. The number of carboxylic acids is 1. The van der Waals surface area contributed by atoms with Crippen LogP contribution in [0.4, 0.5) is 11.4 Å². The molecular weight excluding hydrogens is 308 g/mol. The van der Waals surface area contributed by atoms with E-state index in [2.05, 4.69) is 4.72 Å². The standard InChI is InChI=1S/C11H16N2O5S.ClH/c1-3-9(11(14)15)18-10-5-4-7(12)6-8(10)13-19(2,16)17;/h4-6,9,13H,3,12H2,1-2H3,(H,14,15);1H. The molecule has 0 spiro atoms. The maximum absolute atomic E-state index is 11.2. The molecule has 1 atom stereocenters. The van der Waals surface area contributed by atoms with Crippen LogP contribution in [0.2, 0.25) is 0 Å². The monoisotopic (exact) mass is 324 g/mol. The molecule has 0 amide bonds. The fraction of sp³-hybridized carbons (Fsp3) is 0.364. The summed E-state index contributed by atoms with van der Waals surface area (Å²) in [7, 11) is -3.51. The zero-order valence-corrected chi connectivity index (χ0v) is 12.6. The van der Waals surface area contributed by atoms with Crippen molar-refractivity contribution in [3.8, 4) is 5.75 Å². The summed E-state index contributed by atoms with van der Waals surface area (Å²) in [5.74, 6) is -1.00. The quantitative estimate of drug-likeness (QED) is 0.679. The number of nitrogens with one attached hydrogen (secondary N) is 1. The average Bonchev–Trinajstić information content (AvgIpc) is 2.25. The first-order valence-electron chi connectivity index (χ1n) is 5.49. The fourth-order valence-electron chi connectivity index (χ4n) is 1.39. The first-order chi connectivity index (χ1) is 8.73. The molecular formula is C11H17ClN2O5S. The van der Waals surface area contributed by atoms with Gasteiger partial charge in [-0.3, -0.25) is 4.72 Å². The number of halogens is 1. The second kappa shape index (κ2) is 7.20. The van der Waals surface area contributed by atoms with Gasteiger partial charge in [0.2, 0.25) is 10.0 Å². The number of sulfonamides is 1. The van der Waals surface area contributed by atoms with Crippen molar-refractivity contribution in [2.75, 3.05) is 16.7 Å². The number of ether oxygens (including phenoxy) is 1. The van der Waals surface area contributed by atoms with E-state index in [4.69, 9.17) is 15.6 Å². The second-order valence-corrected chi connectivity index (χ2v) is 5.73. The van der Waals surface area contributed by atoms with E-state index >= 15 is 0 Å². The molecule has 20 heavy (non-hydrogen) atoms. The topological polar surface area (TPSA) is 119 Å². The Kier molecular flexibility index (Phi) is 6.60. The molecule has 0 radical (unpaired) electrons. The predicted molar refractivity (Wildman–Crippen MR) is 78.9 cm³/mol. The predicted octanol–water partition coefficient (Wildman–Crippen LogP) is 1.30. The van der Waals surface area contributed by atoms with E-state index in [1.807, 2.05) is 0 Å².